The van der Waals surface area contributed by atoms with Gasteiger partial charge in [-0.15, -0.1) is 5.10 Å². The van der Waals surface area contributed by atoms with Crippen LogP contribution < -0.4 is 37.6 Å². The summed E-state index contributed by atoms with van der Waals surface area (Å²) in [5.74, 6) is -18.8. The molecule has 1 saturated heterocycles. The number of carboxylic acids is 5. The maximum Gasteiger partial charge on any atom is 0.407 e. The van der Waals surface area contributed by atoms with Crippen LogP contribution in [0.1, 0.15) is 150 Å². The highest BCUT2D eigenvalue weighted by atomic mass is 16.6. The number of ketones is 2. The van der Waals surface area contributed by atoms with Crippen LogP contribution in [0.15, 0.2) is 133 Å². The third kappa shape index (κ3) is 29.6. The highest BCUT2D eigenvalue weighted by Crippen LogP contribution is 2.30. The Kier molecular flexibility index (Phi) is 34.6. The third-order valence-corrected chi connectivity index (χ3v) is 18.7. The molecule has 0 bridgehead atoms. The molecule has 0 spiro atoms. The summed E-state index contributed by atoms with van der Waals surface area (Å²) in [7, 11) is 0. The Morgan fingerprint density at radius 2 is 1.41 bits per heavy atom. The van der Waals surface area contributed by atoms with Gasteiger partial charge < -0.3 is 87.6 Å². The number of anilines is 2. The fourth-order valence-corrected chi connectivity index (χ4v) is 12.6. The van der Waals surface area contributed by atoms with Crippen molar-refractivity contribution in [1.82, 2.24) is 61.5 Å². The number of unbranched alkanes of at least 4 members (excludes halogenated alkanes) is 1. The Labute approximate surface area is 665 Å². The highest BCUT2D eigenvalue weighted by Gasteiger charge is 2.39. The standard InChI is InChI=1S/C79H96N14O23/c1-6-11-63-46(5)61(95)39-64(116-63)57(15-9-12-43(2)32-45(4)33-44(3)17-27-56-13-10-16-68(103)115-56)88-79(113)114-31-29-52-42-93(92-91-52)54-24-20-47(21-25-54)71(104)81-30-8-7-14-58(76(109)110)85-74(107)50(37-66(99)100)35-62(96)60(38-67(101)102)87-73(106)49(36-65(97)98)34-55(94)26-28-59(77(111)112)86-72(105)48-18-22-51(23-19-48)82-40-53-41-83-70-69(84-53)75(108)90-78(80)89-70/h6,9-12,15-25,27,33,41-42,45-46,49-50,56-61,63-64,82,95H,7-8,13-14,26,28-32,34-40H2,1-5H3,(H,81,104)(H,85,107)(H,86,105)(H,87,106)(H,88,113)(H,97,98)(H,99,100)(H,101,102)(H,109,110)(H,111,112)(H3,80,83,89,90,108)/b11-6+,15-9+,27-17+,43-12+,44-33-/t45-,46+,49-,50+,56-,57-,58+,59+,60+,61-,63+,64+/m1/s1. The number of carbonyl (C=O) groups excluding carboxylic acids is 8. The van der Waals surface area contributed by atoms with E-state index in [2.05, 4.69) is 75.1 Å². The van der Waals surface area contributed by atoms with E-state index in [0.717, 1.165) is 17.6 Å². The van der Waals surface area contributed by atoms with E-state index in [1.807, 2.05) is 64.2 Å². The van der Waals surface area contributed by atoms with Crippen LogP contribution in [0.4, 0.5) is 16.4 Å². The molecule has 37 nitrogen and oxygen atoms in total. The predicted octanol–water partition coefficient (Wildman–Crippen LogP) is 5.36. The first-order chi connectivity index (χ1) is 55.2. The van der Waals surface area contributed by atoms with Gasteiger partial charge in [0.15, 0.2) is 16.9 Å². The molecule has 37 heteroatoms. The molecular formula is C79H96N14O23. The minimum Gasteiger partial charge on any atom is -0.492 e. The van der Waals surface area contributed by atoms with Crippen LogP contribution in [0.2, 0.25) is 0 Å². The van der Waals surface area contributed by atoms with E-state index in [-0.39, 0.29) is 104 Å². The molecule has 0 unspecified atom stereocenters. The van der Waals surface area contributed by atoms with Crippen molar-refractivity contribution in [3.8, 4) is 11.6 Å². The maximum atomic E-state index is 13.8. The fraction of sp³-hybridized carbons (Fsp3) is 0.430. The molecule has 0 radical (unpaired) electrons. The monoisotopic (exact) mass is 1610 g/mol. The van der Waals surface area contributed by atoms with Gasteiger partial charge in [-0.2, -0.15) is 9.97 Å². The van der Waals surface area contributed by atoms with Crippen molar-refractivity contribution in [2.45, 2.75) is 180 Å². The van der Waals surface area contributed by atoms with Crippen LogP contribution in [-0.4, -0.2) is 210 Å². The molecule has 5 heterocycles. The van der Waals surface area contributed by atoms with Gasteiger partial charge in [-0.25, -0.2) is 33.8 Å². The number of alkyl carbamates (subject to hydrolysis) is 1. The lowest BCUT2D eigenvalue weighted by Crippen LogP contribution is -2.51. The SMILES string of the molecule is C/C=C/[C@@H]1O[C@H]([C@@H](/C=C/C=C(\C)C[C@@H](C)/C=C(C)\C=C\[C@H]2CC=CC(=O)O2)NC(=O)OCCc2cn(-c3ccc(C(=O)NCCCC[C@H](NC(=O)[C@H](CC(=O)O)CC(=O)[C@H](CC(=O)O)NC(=O)[C@@H](CC(=O)O)CC(=O)CC[C@H](NC(=O)c4ccc(NCc5cnc6nc(N)nc(O)c6n5)cc4)C(=O)O)C(=O)O)cc3)nn2)C[C@@H](O)[C@@H]1C. The highest BCUT2D eigenvalue weighted by molar-refractivity contribution is 5.99. The van der Waals surface area contributed by atoms with Gasteiger partial charge in [-0.3, -0.25) is 43.2 Å². The number of benzene rings is 2. The number of hydrogen-bond donors (Lipinski definition) is 14. The number of carboxylic acid groups (broad SMARTS) is 5. The number of cyclic esters (lactones) is 1. The number of nitrogen functional groups attached to an aromatic ring is 1. The van der Waals surface area contributed by atoms with E-state index >= 15 is 0 Å². The molecule has 0 aliphatic carbocycles. The number of hydrogen-bond acceptors (Lipinski definition) is 26. The summed E-state index contributed by atoms with van der Waals surface area (Å²) in [4.78, 5) is 182. The number of fused-ring (bicyclic) bond motifs is 1. The number of aliphatic hydroxyl groups is 1. The molecule has 1 fully saturated rings. The number of nitrogens with zero attached hydrogens (tertiary/aromatic N) is 7. The number of esters is 1. The quantitative estimate of drug-likeness (QED) is 0.0101. The summed E-state index contributed by atoms with van der Waals surface area (Å²) >= 11 is 0. The van der Waals surface area contributed by atoms with Crippen molar-refractivity contribution in [3.63, 3.8) is 0 Å². The van der Waals surface area contributed by atoms with Crippen LogP contribution >= 0.6 is 0 Å². The Morgan fingerprint density at radius 1 is 0.750 bits per heavy atom. The maximum absolute atomic E-state index is 13.8. The molecular weight excluding hydrogens is 1510 g/mol. The normalized spacial score (nSPS) is 18.2. The summed E-state index contributed by atoms with van der Waals surface area (Å²) in [5, 5.41) is 93.9. The number of aliphatic carboxylic acids is 5. The fourth-order valence-electron chi connectivity index (χ4n) is 12.6. The number of aliphatic hydroxyl groups excluding tert-OH is 1. The number of nitrogens with one attached hydrogen (secondary N) is 6. The second-order valence-electron chi connectivity index (χ2n) is 28.1. The molecule has 15 N–H and O–H groups in total. The number of Topliss-reactive ketones (excluding diaryl/α,β-unsaturated/α-hetero) is 2. The van der Waals surface area contributed by atoms with Gasteiger partial charge in [0.05, 0.1) is 104 Å². The Bertz CT molecular complexity index is 4560. The number of rotatable bonds is 45. The number of nitrogens with two attached hydrogens (primary N) is 1. The van der Waals surface area contributed by atoms with E-state index in [0.29, 0.717) is 29.2 Å². The van der Waals surface area contributed by atoms with Gasteiger partial charge in [0.25, 0.3) is 11.8 Å². The molecule has 12 atom stereocenters. The van der Waals surface area contributed by atoms with Gasteiger partial charge in [-0.1, -0.05) is 78.8 Å². The average Bonchev–Trinajstić information content (AvgIpc) is 0.869. The van der Waals surface area contributed by atoms with Gasteiger partial charge in [0.2, 0.25) is 23.6 Å². The van der Waals surface area contributed by atoms with Crippen LogP contribution in [-0.2, 0) is 75.1 Å². The number of amides is 5. The lowest BCUT2D eigenvalue weighted by atomic mass is 9.87. The molecule has 2 aliphatic heterocycles. The molecule has 2 aliphatic rings. The van der Waals surface area contributed by atoms with Gasteiger partial charge in [0.1, 0.15) is 24.0 Å². The van der Waals surface area contributed by atoms with Crippen molar-refractivity contribution in [1.29, 1.82) is 0 Å². The summed E-state index contributed by atoms with van der Waals surface area (Å²) in [5.41, 5.74) is 9.81. The van der Waals surface area contributed by atoms with Gasteiger partial charge in [0, 0.05) is 73.9 Å². The molecule has 3 aromatic heterocycles. The Hall–Kier alpha value is -12.9. The number of ether oxygens (including phenoxy) is 3. The zero-order chi connectivity index (χ0) is 84.7. The molecule has 116 heavy (non-hydrogen) atoms. The van der Waals surface area contributed by atoms with Crippen molar-refractivity contribution >= 4 is 99.9 Å². The average molecular weight is 1610 g/mol. The first-order valence-electron chi connectivity index (χ1n) is 37.4. The molecule has 620 valence electrons. The van der Waals surface area contributed by atoms with Crippen LogP contribution in [0.5, 0.6) is 5.88 Å². The number of aromatic nitrogens is 7. The summed E-state index contributed by atoms with van der Waals surface area (Å²) in [6.45, 7) is 9.90. The molecule has 7 rings (SSSR count). The van der Waals surface area contributed by atoms with Crippen LogP contribution in [0, 0.1) is 23.7 Å². The lowest BCUT2D eigenvalue weighted by molar-refractivity contribution is -0.146. The number of carbonyl (C=O) groups is 13. The first kappa shape index (κ1) is 90.3. The van der Waals surface area contributed by atoms with E-state index in [9.17, 15) is 98.1 Å². The first-order valence-corrected chi connectivity index (χ1v) is 37.4. The van der Waals surface area contributed by atoms with Gasteiger partial charge >= 0.3 is 41.9 Å². The summed E-state index contributed by atoms with van der Waals surface area (Å²) in [6.07, 6.45) is 14.1. The Balaban J connectivity index is 0.841. The molecule has 5 aromatic rings. The second-order valence-corrected chi connectivity index (χ2v) is 28.1. The van der Waals surface area contributed by atoms with Gasteiger partial charge in [-0.05, 0) is 113 Å². The Morgan fingerprint density at radius 3 is 2.07 bits per heavy atom. The lowest BCUT2D eigenvalue weighted by Gasteiger charge is -2.39. The molecule has 0 saturated carbocycles. The van der Waals surface area contributed by atoms with E-state index in [1.54, 1.807) is 30.5 Å². The minimum atomic E-state index is -2.05. The predicted molar refractivity (Wildman–Crippen MR) is 414 cm³/mol. The van der Waals surface area contributed by atoms with E-state index in [4.69, 9.17) is 19.9 Å². The number of allylic oxidation sites excluding steroid dienone is 7. The smallest absolute Gasteiger partial charge is 0.407 e. The zero-order valence-corrected chi connectivity index (χ0v) is 64.4. The minimum absolute atomic E-state index is 0.00259. The van der Waals surface area contributed by atoms with Crippen molar-refractivity contribution < 1.29 is 112 Å². The van der Waals surface area contributed by atoms with Crippen molar-refractivity contribution in [3.05, 3.63) is 155 Å². The van der Waals surface area contributed by atoms with E-state index in [1.165, 1.54) is 53.4 Å². The van der Waals surface area contributed by atoms with Crippen LogP contribution in [0.25, 0.3) is 16.9 Å². The third-order valence-electron chi connectivity index (χ3n) is 18.7. The second kappa shape index (κ2) is 44.5. The summed E-state index contributed by atoms with van der Waals surface area (Å²) < 4.78 is 18.8. The van der Waals surface area contributed by atoms with Crippen LogP contribution in [0.3, 0.4) is 0 Å². The van der Waals surface area contributed by atoms with Crippen molar-refractivity contribution in [2.75, 3.05) is 24.2 Å². The van der Waals surface area contributed by atoms with Crippen molar-refractivity contribution in [2.24, 2.45) is 23.7 Å². The molecule has 2 aromatic carbocycles. The van der Waals surface area contributed by atoms with E-state index < -0.39 is 176 Å². The molecule has 5 amide bonds. The largest absolute Gasteiger partial charge is 0.492 e. The zero-order valence-electron chi connectivity index (χ0n) is 64.4. The summed E-state index contributed by atoms with van der Waals surface area (Å²) in [6, 6.07) is 5.89. The topological polar surface area (TPSA) is 572 Å². The number of aromatic hydroxyl groups is 1.